The number of rotatable bonds is 19. The maximum Gasteiger partial charge on any atom is 0.312 e. The van der Waals surface area contributed by atoms with Gasteiger partial charge in [-0.1, -0.05) is 62.7 Å². The van der Waals surface area contributed by atoms with Crippen LogP contribution in [0.3, 0.4) is 0 Å². The van der Waals surface area contributed by atoms with Crippen molar-refractivity contribution in [3.8, 4) is 0 Å². The van der Waals surface area contributed by atoms with Crippen molar-refractivity contribution in [3.63, 3.8) is 0 Å². The van der Waals surface area contributed by atoms with Gasteiger partial charge < -0.3 is 26.4 Å². The molecule has 0 aromatic heterocycles. The third-order valence-electron chi connectivity index (χ3n) is 7.47. The number of nitrogens with two attached hydrogens (primary N) is 1. The highest BCUT2D eigenvalue weighted by Gasteiger charge is 2.29. The number of urea groups is 1. The number of aryl methyl sites for hydroxylation is 1. The van der Waals surface area contributed by atoms with Crippen LogP contribution in [0.25, 0.3) is 0 Å². The molecule has 0 saturated heterocycles. The fourth-order valence-electron chi connectivity index (χ4n) is 4.82. The minimum absolute atomic E-state index is 0.0177. The Balaban J connectivity index is 2.00. The van der Waals surface area contributed by atoms with Crippen molar-refractivity contribution < 1.29 is 34.9 Å². The summed E-state index contributed by atoms with van der Waals surface area (Å²) in [4.78, 5) is 74.1. The summed E-state index contributed by atoms with van der Waals surface area (Å²) in [5.74, 6) is -2.00. The van der Waals surface area contributed by atoms with Gasteiger partial charge in [0, 0.05) is 43.0 Å². The molecule has 0 bridgehead atoms. The normalized spacial score (nSPS) is 13.1. The van der Waals surface area contributed by atoms with Crippen molar-refractivity contribution in [1.82, 2.24) is 10.6 Å². The Morgan fingerprint density at radius 2 is 1.62 bits per heavy atom. The minimum atomic E-state index is -1.15. The Morgan fingerprint density at radius 1 is 0.956 bits per heavy atom. The predicted molar refractivity (Wildman–Crippen MR) is 171 cm³/mol. The Bertz CT molecular complexity index is 1350. The van der Waals surface area contributed by atoms with E-state index in [0.717, 1.165) is 5.56 Å². The number of carbonyl (C=O) groups excluding carboxylic acids is 6. The van der Waals surface area contributed by atoms with Crippen LogP contribution in [-0.4, -0.2) is 48.4 Å². The number of hydrogen-bond donors (Lipinski definition) is 4. The van der Waals surface area contributed by atoms with E-state index in [9.17, 15) is 28.8 Å². The van der Waals surface area contributed by atoms with Crippen molar-refractivity contribution in [2.75, 3.05) is 11.9 Å². The van der Waals surface area contributed by atoms with Crippen LogP contribution >= 0.6 is 0 Å². The van der Waals surface area contributed by atoms with E-state index in [0.29, 0.717) is 36.1 Å². The van der Waals surface area contributed by atoms with Gasteiger partial charge in [-0.3, -0.25) is 24.0 Å². The molecular weight excluding hydrogens is 576 g/mol. The van der Waals surface area contributed by atoms with Gasteiger partial charge in [0.2, 0.25) is 11.8 Å². The summed E-state index contributed by atoms with van der Waals surface area (Å²) in [6, 6.07) is 12.4. The number of hydrogen-bond acceptors (Lipinski definition) is 7. The van der Waals surface area contributed by atoms with E-state index in [1.807, 2.05) is 39.8 Å². The van der Waals surface area contributed by atoms with Crippen LogP contribution in [-0.2, 0) is 30.5 Å². The molecule has 0 radical (unpaired) electrons. The molecule has 2 rings (SSSR count). The van der Waals surface area contributed by atoms with Crippen molar-refractivity contribution in [2.24, 2.45) is 23.5 Å². The molecule has 2 aromatic rings. The zero-order chi connectivity index (χ0) is 34.2. The first-order valence-electron chi connectivity index (χ1n) is 15.7. The lowest BCUT2D eigenvalue weighted by Crippen LogP contribution is -2.45. The minimum Gasteiger partial charge on any atom is -0.463 e. The second-order valence-corrected chi connectivity index (χ2v) is 11.8. The predicted octanol–water partition coefficient (Wildman–Crippen LogP) is 4.46. The second kappa shape index (κ2) is 19.0. The Morgan fingerprint density at radius 3 is 2.22 bits per heavy atom. The fourth-order valence-corrected chi connectivity index (χ4v) is 4.82. The van der Waals surface area contributed by atoms with Gasteiger partial charge in [-0.2, -0.15) is 0 Å². The molecule has 45 heavy (non-hydrogen) atoms. The standard InChI is InChI=1S/C34H46N4O7/c1-22(2)32(38-31(42)16-9-24(4)18-29(40)26-12-7-23(3)8-13-26)30(41)19-27(6-5-17-36-34(35)44)33(43)37-28-14-10-25(11-15-28)20-45-21-39/h7-8,10-15,21-22,24,27,32H,5-6,9,16-20H2,1-4H3,(H,37,43)(H,38,42)(H3,35,36,44)/t24?,27-,32+/m1/s1/i21D. The molecule has 0 spiro atoms. The van der Waals surface area contributed by atoms with Crippen LogP contribution in [0, 0.1) is 24.7 Å². The average Bonchev–Trinajstić information content (AvgIpc) is 2.99. The number of carbonyl (C=O) groups is 6. The van der Waals surface area contributed by atoms with E-state index < -0.39 is 30.3 Å². The monoisotopic (exact) mass is 623 g/mol. The molecule has 1 unspecified atom stereocenters. The topological polar surface area (TPSA) is 174 Å². The maximum atomic E-state index is 13.5. The molecule has 0 fully saturated rings. The average molecular weight is 624 g/mol. The lowest BCUT2D eigenvalue weighted by molar-refractivity contribution is -0.131. The van der Waals surface area contributed by atoms with E-state index in [-0.39, 0.29) is 61.7 Å². The largest absolute Gasteiger partial charge is 0.463 e. The van der Waals surface area contributed by atoms with Crippen molar-refractivity contribution >= 4 is 41.5 Å². The quantitative estimate of drug-likeness (QED) is 0.102. The molecule has 2 aromatic carbocycles. The first kappa shape index (κ1) is 34.9. The zero-order valence-corrected chi connectivity index (χ0v) is 26.5. The summed E-state index contributed by atoms with van der Waals surface area (Å²) in [7, 11) is 0. The smallest absolute Gasteiger partial charge is 0.312 e. The number of Topliss-reactive ketones (excluding diaryl/α,β-unsaturated/α-hetero) is 2. The highest BCUT2D eigenvalue weighted by molar-refractivity contribution is 5.98. The summed E-state index contributed by atoms with van der Waals surface area (Å²) >= 11 is 0. The van der Waals surface area contributed by atoms with E-state index >= 15 is 0 Å². The maximum absolute atomic E-state index is 13.5. The molecule has 0 saturated carbocycles. The van der Waals surface area contributed by atoms with Gasteiger partial charge in [0.05, 0.1) is 6.04 Å². The van der Waals surface area contributed by atoms with Crippen LogP contribution < -0.4 is 21.7 Å². The molecule has 11 heteroatoms. The van der Waals surface area contributed by atoms with Crippen LogP contribution in [0.15, 0.2) is 48.5 Å². The van der Waals surface area contributed by atoms with Crippen LogP contribution in [0.4, 0.5) is 10.5 Å². The van der Waals surface area contributed by atoms with Gasteiger partial charge in [0.15, 0.2) is 12.9 Å². The molecule has 5 N–H and O–H groups in total. The van der Waals surface area contributed by atoms with Gasteiger partial charge in [0.25, 0.3) is 6.45 Å². The number of amides is 4. The van der Waals surface area contributed by atoms with Crippen molar-refractivity contribution in [3.05, 3.63) is 65.2 Å². The Hall–Kier alpha value is -4.54. The summed E-state index contributed by atoms with van der Waals surface area (Å²) in [6.07, 6.45) is 0.329. The van der Waals surface area contributed by atoms with Crippen LogP contribution in [0.1, 0.15) is 82.2 Å². The van der Waals surface area contributed by atoms with E-state index in [4.69, 9.17) is 7.10 Å². The molecule has 0 aliphatic heterocycles. The Labute approximate surface area is 266 Å². The van der Waals surface area contributed by atoms with Crippen molar-refractivity contribution in [2.45, 2.75) is 78.9 Å². The van der Waals surface area contributed by atoms with Gasteiger partial charge in [0.1, 0.15) is 6.61 Å². The van der Waals surface area contributed by atoms with E-state index in [2.05, 4.69) is 20.7 Å². The molecular formula is C34H46N4O7. The number of nitrogens with one attached hydrogen (secondary N) is 3. The first-order chi connectivity index (χ1) is 21.7. The second-order valence-electron chi connectivity index (χ2n) is 11.8. The molecule has 0 aliphatic carbocycles. The number of ketones is 2. The molecule has 0 aliphatic rings. The molecule has 4 amide bonds. The van der Waals surface area contributed by atoms with Gasteiger partial charge in [-0.25, -0.2) is 4.79 Å². The summed E-state index contributed by atoms with van der Waals surface area (Å²) in [6.45, 7) is 7.66. The highest BCUT2D eigenvalue weighted by atomic mass is 16.5. The van der Waals surface area contributed by atoms with Gasteiger partial charge in [-0.05, 0) is 55.7 Å². The molecule has 3 atom stereocenters. The Kier molecular flexibility index (Phi) is 14.7. The molecule has 11 nitrogen and oxygen atoms in total. The molecule has 244 valence electrons. The van der Waals surface area contributed by atoms with Gasteiger partial charge in [-0.15, -0.1) is 0 Å². The van der Waals surface area contributed by atoms with Crippen LogP contribution in [0.5, 0.6) is 0 Å². The first-order valence-corrected chi connectivity index (χ1v) is 15.2. The lowest BCUT2D eigenvalue weighted by atomic mass is 9.89. The summed E-state index contributed by atoms with van der Waals surface area (Å²) < 4.78 is 11.5. The number of anilines is 1. The summed E-state index contributed by atoms with van der Waals surface area (Å²) in [5.41, 5.74) is 7.94. The van der Waals surface area contributed by atoms with Crippen molar-refractivity contribution in [1.29, 1.82) is 0 Å². The highest BCUT2D eigenvalue weighted by Crippen LogP contribution is 2.20. The van der Waals surface area contributed by atoms with E-state index in [1.165, 1.54) is 0 Å². The third-order valence-corrected chi connectivity index (χ3v) is 7.47. The van der Waals surface area contributed by atoms with E-state index in [1.54, 1.807) is 36.4 Å². The summed E-state index contributed by atoms with van der Waals surface area (Å²) in [5, 5.41) is 8.11. The number of primary amides is 1. The fraction of sp³-hybridized carbons (Fsp3) is 0.471. The molecule has 0 heterocycles. The zero-order valence-electron chi connectivity index (χ0n) is 27.5. The number of ether oxygens (including phenoxy) is 1. The third kappa shape index (κ3) is 13.7. The lowest BCUT2D eigenvalue weighted by Gasteiger charge is -2.24. The number of benzene rings is 2. The van der Waals surface area contributed by atoms with Gasteiger partial charge >= 0.3 is 6.03 Å². The van der Waals surface area contributed by atoms with Crippen LogP contribution in [0.2, 0.25) is 0 Å². The SMILES string of the molecule is [2H]C(=O)OCc1ccc(NC(=O)[C@H](CCCNC(N)=O)CC(=O)[C@@H](NC(=O)CCC(C)CC(=O)c2ccc(C)cc2)C(C)C)cc1.